The zero-order valence-electron chi connectivity index (χ0n) is 12.9. The summed E-state index contributed by atoms with van der Waals surface area (Å²) in [6, 6.07) is -0.0499. The number of hydrogen-bond donors (Lipinski definition) is 2. The molecule has 5 heteroatoms. The number of allylic oxidation sites excluding steroid dienone is 1. The molecule has 1 saturated carbocycles. The van der Waals surface area contributed by atoms with E-state index in [1.54, 1.807) is 0 Å². The van der Waals surface area contributed by atoms with Gasteiger partial charge in [-0.2, -0.15) is 0 Å². The summed E-state index contributed by atoms with van der Waals surface area (Å²) in [6.45, 7) is 0. The summed E-state index contributed by atoms with van der Waals surface area (Å²) in [5, 5.41) is 19.5. The average molecular weight is 307 g/mol. The van der Waals surface area contributed by atoms with Gasteiger partial charge in [0.15, 0.2) is 0 Å². The van der Waals surface area contributed by atoms with E-state index in [0.717, 1.165) is 19.3 Å². The van der Waals surface area contributed by atoms with Crippen molar-refractivity contribution in [2.45, 2.75) is 69.6 Å². The van der Waals surface area contributed by atoms with E-state index in [2.05, 4.69) is 6.08 Å². The fraction of sp³-hybridized carbons (Fsp3) is 0.765. The molecular weight excluding hydrogens is 282 g/mol. The zero-order chi connectivity index (χ0) is 15.7. The van der Waals surface area contributed by atoms with E-state index >= 15 is 0 Å². The van der Waals surface area contributed by atoms with Crippen LogP contribution in [0.5, 0.6) is 0 Å². The lowest BCUT2D eigenvalue weighted by atomic mass is 9.75. The van der Waals surface area contributed by atoms with E-state index in [9.17, 15) is 19.8 Å². The summed E-state index contributed by atoms with van der Waals surface area (Å²) < 4.78 is 0. The fourth-order valence-corrected chi connectivity index (χ4v) is 4.23. The van der Waals surface area contributed by atoms with Gasteiger partial charge in [-0.15, -0.1) is 0 Å². The molecular formula is C17H25NO4. The van der Waals surface area contributed by atoms with Crippen molar-refractivity contribution in [3.05, 3.63) is 12.2 Å². The normalized spacial score (nSPS) is 39.5. The largest absolute Gasteiger partial charge is 0.393 e. The number of nitrogens with zero attached hydrogens (tertiary/aromatic N) is 1. The van der Waals surface area contributed by atoms with Gasteiger partial charge in [-0.25, -0.2) is 0 Å². The van der Waals surface area contributed by atoms with Gasteiger partial charge in [-0.3, -0.25) is 14.5 Å². The van der Waals surface area contributed by atoms with Crippen molar-refractivity contribution in [3.8, 4) is 0 Å². The smallest absolute Gasteiger partial charge is 0.229 e. The predicted octanol–water partition coefficient (Wildman–Crippen LogP) is 1.38. The number of likely N-dealkylation sites (tertiary alicyclic amines) is 1. The molecule has 0 spiro atoms. The minimum atomic E-state index is -0.342. The molecule has 0 aromatic carbocycles. The number of hydrogen-bond acceptors (Lipinski definition) is 4. The molecule has 3 rings (SSSR count). The van der Waals surface area contributed by atoms with Gasteiger partial charge in [0.2, 0.25) is 11.8 Å². The Kier molecular flexibility index (Phi) is 4.64. The molecule has 5 nitrogen and oxygen atoms in total. The van der Waals surface area contributed by atoms with E-state index in [1.807, 2.05) is 6.08 Å². The van der Waals surface area contributed by atoms with Crippen molar-refractivity contribution in [1.29, 1.82) is 0 Å². The van der Waals surface area contributed by atoms with Crippen LogP contribution in [0, 0.1) is 11.8 Å². The van der Waals surface area contributed by atoms with Gasteiger partial charge >= 0.3 is 0 Å². The molecule has 1 aliphatic heterocycles. The van der Waals surface area contributed by atoms with Crippen molar-refractivity contribution < 1.29 is 19.8 Å². The molecule has 0 bridgehead atoms. The standard InChI is InChI=1S/C17H25NO4/c19-13-3-1-11(2-4-13)9-12-10-14(20)5-6-15(12)18-16(21)7-8-17(18)22/h1,3,11-15,19-20H,2,4-10H2. The van der Waals surface area contributed by atoms with E-state index < -0.39 is 0 Å². The quantitative estimate of drug-likeness (QED) is 0.610. The first-order valence-electron chi connectivity index (χ1n) is 8.44. The third kappa shape index (κ3) is 3.25. The van der Waals surface area contributed by atoms with Gasteiger partial charge in [-0.1, -0.05) is 12.2 Å². The Morgan fingerprint density at radius 2 is 1.73 bits per heavy atom. The van der Waals surface area contributed by atoms with Crippen LogP contribution in [0.4, 0.5) is 0 Å². The van der Waals surface area contributed by atoms with Gasteiger partial charge in [-0.05, 0) is 50.4 Å². The molecule has 2 fully saturated rings. The minimum absolute atomic E-state index is 0.0499. The summed E-state index contributed by atoms with van der Waals surface area (Å²) in [4.78, 5) is 25.6. The van der Waals surface area contributed by atoms with Crippen LogP contribution in [0.15, 0.2) is 12.2 Å². The molecule has 2 amide bonds. The van der Waals surface area contributed by atoms with Crippen LogP contribution in [0.1, 0.15) is 51.4 Å². The van der Waals surface area contributed by atoms with Crippen LogP contribution in [0.3, 0.4) is 0 Å². The first kappa shape index (κ1) is 15.7. The van der Waals surface area contributed by atoms with Crippen molar-refractivity contribution in [2.75, 3.05) is 0 Å². The maximum Gasteiger partial charge on any atom is 0.229 e. The molecule has 122 valence electrons. The highest BCUT2D eigenvalue weighted by molar-refractivity contribution is 6.02. The lowest BCUT2D eigenvalue weighted by Crippen LogP contribution is -2.48. The molecule has 22 heavy (non-hydrogen) atoms. The number of rotatable bonds is 3. The van der Waals surface area contributed by atoms with Crippen LogP contribution < -0.4 is 0 Å². The van der Waals surface area contributed by atoms with Crippen LogP contribution >= 0.6 is 0 Å². The summed E-state index contributed by atoms with van der Waals surface area (Å²) >= 11 is 0. The second-order valence-corrected chi connectivity index (χ2v) is 6.98. The number of amides is 2. The molecule has 2 N–H and O–H groups in total. The molecule has 0 radical (unpaired) electrons. The summed E-state index contributed by atoms with van der Waals surface area (Å²) in [5.74, 6) is 0.436. The molecule has 2 aliphatic carbocycles. The summed E-state index contributed by atoms with van der Waals surface area (Å²) in [7, 11) is 0. The van der Waals surface area contributed by atoms with Crippen LogP contribution in [0.25, 0.3) is 0 Å². The zero-order valence-corrected chi connectivity index (χ0v) is 12.9. The number of aliphatic hydroxyl groups excluding tert-OH is 2. The number of imide groups is 1. The van der Waals surface area contributed by atoms with Crippen LogP contribution in [-0.4, -0.2) is 45.2 Å². The van der Waals surface area contributed by atoms with Crippen molar-refractivity contribution in [1.82, 2.24) is 4.90 Å². The number of carbonyl (C=O) groups excluding carboxylic acids is 2. The molecule has 1 heterocycles. The molecule has 5 atom stereocenters. The lowest BCUT2D eigenvalue weighted by molar-refractivity contribution is -0.144. The number of carbonyl (C=O) groups is 2. The Hall–Kier alpha value is -1.20. The Bertz CT molecular complexity index is 459. The predicted molar refractivity (Wildman–Crippen MR) is 80.7 cm³/mol. The highest BCUT2D eigenvalue weighted by Crippen LogP contribution is 2.37. The van der Waals surface area contributed by atoms with E-state index in [-0.39, 0.29) is 36.0 Å². The van der Waals surface area contributed by atoms with E-state index in [0.29, 0.717) is 38.0 Å². The Morgan fingerprint density at radius 3 is 2.36 bits per heavy atom. The highest BCUT2D eigenvalue weighted by atomic mass is 16.3. The van der Waals surface area contributed by atoms with Gasteiger partial charge in [0.1, 0.15) is 0 Å². The summed E-state index contributed by atoms with van der Waals surface area (Å²) in [5.41, 5.74) is 0. The maximum absolute atomic E-state index is 12.0. The Labute approximate surface area is 131 Å². The topological polar surface area (TPSA) is 77.8 Å². The van der Waals surface area contributed by atoms with Gasteiger partial charge < -0.3 is 10.2 Å². The second-order valence-electron chi connectivity index (χ2n) is 6.98. The van der Waals surface area contributed by atoms with Crippen molar-refractivity contribution in [2.24, 2.45) is 11.8 Å². The van der Waals surface area contributed by atoms with Gasteiger partial charge in [0, 0.05) is 18.9 Å². The monoisotopic (exact) mass is 307 g/mol. The van der Waals surface area contributed by atoms with E-state index in [1.165, 1.54) is 4.90 Å². The van der Waals surface area contributed by atoms with Crippen LogP contribution in [0.2, 0.25) is 0 Å². The Morgan fingerprint density at radius 1 is 1.00 bits per heavy atom. The van der Waals surface area contributed by atoms with Crippen LogP contribution in [-0.2, 0) is 9.59 Å². The first-order chi connectivity index (χ1) is 10.5. The minimum Gasteiger partial charge on any atom is -0.393 e. The molecule has 1 saturated heterocycles. The fourth-order valence-electron chi connectivity index (χ4n) is 4.23. The van der Waals surface area contributed by atoms with Crippen molar-refractivity contribution >= 4 is 11.8 Å². The SMILES string of the molecule is O=C1CCC(=O)N1C1CCC(O)CC1CC1C=CC(O)CC1. The summed E-state index contributed by atoms with van der Waals surface area (Å²) in [6.07, 6.45) is 8.50. The first-order valence-corrected chi connectivity index (χ1v) is 8.44. The average Bonchev–Trinajstić information content (AvgIpc) is 2.82. The molecule has 0 aromatic heterocycles. The Balaban J connectivity index is 1.71. The van der Waals surface area contributed by atoms with Gasteiger partial charge in [0.05, 0.1) is 12.2 Å². The maximum atomic E-state index is 12.0. The van der Waals surface area contributed by atoms with E-state index in [4.69, 9.17) is 0 Å². The number of aliphatic hydroxyl groups is 2. The lowest BCUT2D eigenvalue weighted by Gasteiger charge is -2.40. The highest BCUT2D eigenvalue weighted by Gasteiger charge is 2.42. The second kappa shape index (κ2) is 6.50. The third-order valence-corrected chi connectivity index (χ3v) is 5.38. The molecule has 5 unspecified atom stereocenters. The van der Waals surface area contributed by atoms with Gasteiger partial charge in [0.25, 0.3) is 0 Å². The molecule has 0 aromatic rings. The third-order valence-electron chi connectivity index (χ3n) is 5.38. The molecule has 3 aliphatic rings. The van der Waals surface area contributed by atoms with Crippen molar-refractivity contribution in [3.63, 3.8) is 0 Å².